The zero-order valence-corrected chi connectivity index (χ0v) is 10.4. The van der Waals surface area contributed by atoms with Crippen LogP contribution < -0.4 is 4.74 Å². The Bertz CT molecular complexity index is 314. The smallest absolute Gasteiger partial charge is 0.133 e. The first kappa shape index (κ1) is 12.5. The van der Waals surface area contributed by atoms with Gasteiger partial charge in [-0.2, -0.15) is 0 Å². The molecule has 0 aromatic heterocycles. The van der Waals surface area contributed by atoms with Gasteiger partial charge in [0.15, 0.2) is 0 Å². The van der Waals surface area contributed by atoms with Crippen LogP contribution in [0.5, 0.6) is 5.75 Å². The lowest BCUT2D eigenvalue weighted by Crippen LogP contribution is -1.99. The van der Waals surface area contributed by atoms with Crippen molar-refractivity contribution in [3.63, 3.8) is 0 Å². The van der Waals surface area contributed by atoms with E-state index in [9.17, 15) is 4.39 Å². The van der Waals surface area contributed by atoms with E-state index >= 15 is 0 Å². The molecule has 1 rings (SSSR count). The summed E-state index contributed by atoms with van der Waals surface area (Å²) in [6.07, 6.45) is 0.969. The van der Waals surface area contributed by atoms with Crippen LogP contribution in [0.4, 0.5) is 4.39 Å². The first-order chi connectivity index (χ1) is 7.19. The largest absolute Gasteiger partial charge is 0.492 e. The zero-order valence-electron chi connectivity index (χ0n) is 8.80. The van der Waals surface area contributed by atoms with E-state index < -0.39 is 6.67 Å². The van der Waals surface area contributed by atoms with Crippen molar-refractivity contribution in [3.05, 3.63) is 35.2 Å². The van der Waals surface area contributed by atoms with Gasteiger partial charge in [-0.3, -0.25) is 4.39 Å². The van der Waals surface area contributed by atoms with Gasteiger partial charge in [0.25, 0.3) is 0 Å². The highest BCUT2D eigenvalue weighted by Gasteiger charge is 2.08. The second-order valence-electron chi connectivity index (χ2n) is 3.39. The molecule has 0 N–H and O–H groups in total. The summed E-state index contributed by atoms with van der Waals surface area (Å²) in [4.78, 5) is 0. The molecule has 1 unspecified atom stereocenters. The predicted molar refractivity (Wildman–Crippen MR) is 64.0 cm³/mol. The summed E-state index contributed by atoms with van der Waals surface area (Å²) >= 11 is 3.40. The van der Waals surface area contributed by atoms with Crippen molar-refractivity contribution in [2.45, 2.75) is 19.3 Å². The highest BCUT2D eigenvalue weighted by atomic mass is 79.9. The molecule has 0 fully saturated rings. The molecule has 1 radical (unpaired) electrons. The van der Waals surface area contributed by atoms with Gasteiger partial charge in [-0.05, 0) is 47.0 Å². The molecule has 0 saturated heterocycles. The maximum absolute atomic E-state index is 12.4. The number of benzene rings is 1. The van der Waals surface area contributed by atoms with Crippen LogP contribution in [0.1, 0.15) is 24.8 Å². The number of hydrogen-bond acceptors (Lipinski definition) is 1. The average Bonchev–Trinajstić information content (AvgIpc) is 2.26. The van der Waals surface area contributed by atoms with Crippen LogP contribution in [0.15, 0.2) is 22.7 Å². The molecule has 83 valence electrons. The van der Waals surface area contributed by atoms with Crippen LogP contribution >= 0.6 is 15.9 Å². The molecular weight excluding hydrogens is 259 g/mol. The minimum Gasteiger partial charge on any atom is -0.492 e. The van der Waals surface area contributed by atoms with Crippen LogP contribution in [0.3, 0.4) is 0 Å². The van der Waals surface area contributed by atoms with Crippen molar-refractivity contribution in [1.29, 1.82) is 0 Å². The first-order valence-electron chi connectivity index (χ1n) is 5.00. The van der Waals surface area contributed by atoms with Crippen LogP contribution in [0, 0.1) is 6.92 Å². The van der Waals surface area contributed by atoms with Gasteiger partial charge in [-0.15, -0.1) is 0 Å². The third-order valence-electron chi connectivity index (χ3n) is 2.08. The molecule has 3 heteroatoms. The van der Waals surface area contributed by atoms with Crippen LogP contribution in [-0.2, 0) is 0 Å². The molecule has 1 aromatic carbocycles. The summed E-state index contributed by atoms with van der Waals surface area (Å²) in [6, 6.07) is 5.57. The Labute approximate surface area is 98.8 Å². The molecule has 0 spiro atoms. The lowest BCUT2D eigenvalue weighted by molar-refractivity contribution is 0.315. The molecule has 1 aromatic rings. The van der Waals surface area contributed by atoms with E-state index in [2.05, 4.69) is 29.8 Å². The minimum atomic E-state index is -0.443. The SMILES string of the molecule is [CH2]C(CF)c1ccc(OCCC)c(Br)c1. The van der Waals surface area contributed by atoms with Crippen molar-refractivity contribution < 1.29 is 9.13 Å². The third kappa shape index (κ3) is 3.49. The van der Waals surface area contributed by atoms with E-state index in [0.717, 1.165) is 22.2 Å². The molecule has 0 saturated carbocycles. The Hall–Kier alpha value is -0.570. The summed E-state index contributed by atoms with van der Waals surface area (Å²) in [5.74, 6) is 0.494. The van der Waals surface area contributed by atoms with E-state index in [0.29, 0.717) is 6.61 Å². The maximum Gasteiger partial charge on any atom is 0.133 e. The molecule has 0 aliphatic heterocycles. The van der Waals surface area contributed by atoms with E-state index in [4.69, 9.17) is 4.74 Å². The van der Waals surface area contributed by atoms with Crippen molar-refractivity contribution in [1.82, 2.24) is 0 Å². The Morgan fingerprint density at radius 2 is 2.27 bits per heavy atom. The highest BCUT2D eigenvalue weighted by molar-refractivity contribution is 9.10. The van der Waals surface area contributed by atoms with Gasteiger partial charge in [0.1, 0.15) is 5.75 Å². The van der Waals surface area contributed by atoms with Crippen molar-refractivity contribution in [3.8, 4) is 5.75 Å². The van der Waals surface area contributed by atoms with Crippen LogP contribution in [0.2, 0.25) is 0 Å². The second kappa shape index (κ2) is 6.11. The van der Waals surface area contributed by atoms with Crippen molar-refractivity contribution >= 4 is 15.9 Å². The third-order valence-corrected chi connectivity index (χ3v) is 2.69. The Balaban J connectivity index is 2.78. The standard InChI is InChI=1S/C12H15BrFO/c1-3-6-15-12-5-4-10(7-11(12)13)9(2)8-14/h4-5,7,9H,2-3,6,8H2,1H3. The molecule has 1 nitrogen and oxygen atoms in total. The molecule has 0 amide bonds. The van der Waals surface area contributed by atoms with Gasteiger partial charge in [-0.1, -0.05) is 13.0 Å². The van der Waals surface area contributed by atoms with E-state index in [1.165, 1.54) is 0 Å². The second-order valence-corrected chi connectivity index (χ2v) is 4.24. The van der Waals surface area contributed by atoms with Gasteiger partial charge >= 0.3 is 0 Å². The predicted octanol–water partition coefficient (Wildman–Crippen LogP) is 4.13. The van der Waals surface area contributed by atoms with E-state index in [1.807, 2.05) is 18.2 Å². The van der Waals surface area contributed by atoms with Crippen LogP contribution in [0.25, 0.3) is 0 Å². The molecule has 15 heavy (non-hydrogen) atoms. The molecule has 1 atom stereocenters. The Morgan fingerprint density at radius 3 is 2.80 bits per heavy atom. The molecule has 0 aliphatic carbocycles. The lowest BCUT2D eigenvalue weighted by atomic mass is 10.0. The Kier molecular flexibility index (Phi) is 5.09. The Morgan fingerprint density at radius 1 is 1.53 bits per heavy atom. The first-order valence-corrected chi connectivity index (χ1v) is 5.79. The van der Waals surface area contributed by atoms with Gasteiger partial charge in [0.05, 0.1) is 17.8 Å². The summed E-state index contributed by atoms with van der Waals surface area (Å²) in [7, 11) is 0. The zero-order chi connectivity index (χ0) is 11.3. The summed E-state index contributed by atoms with van der Waals surface area (Å²) < 4.78 is 18.7. The van der Waals surface area contributed by atoms with Crippen LogP contribution in [-0.4, -0.2) is 13.3 Å². The monoisotopic (exact) mass is 273 g/mol. The molecule has 0 heterocycles. The summed E-state index contributed by atoms with van der Waals surface area (Å²) in [5, 5.41) is 0. The highest BCUT2D eigenvalue weighted by Crippen LogP contribution is 2.29. The lowest BCUT2D eigenvalue weighted by Gasteiger charge is -2.11. The number of hydrogen-bond donors (Lipinski definition) is 0. The van der Waals surface area contributed by atoms with Gasteiger partial charge < -0.3 is 4.74 Å². The quantitative estimate of drug-likeness (QED) is 0.784. The van der Waals surface area contributed by atoms with Gasteiger partial charge in [0, 0.05) is 5.92 Å². The number of ether oxygens (including phenoxy) is 1. The van der Waals surface area contributed by atoms with E-state index in [1.54, 1.807) is 0 Å². The number of halogens is 2. The van der Waals surface area contributed by atoms with Gasteiger partial charge in [0.2, 0.25) is 0 Å². The topological polar surface area (TPSA) is 9.23 Å². The summed E-state index contributed by atoms with van der Waals surface area (Å²) in [5.41, 5.74) is 0.883. The molecular formula is C12H15BrFO. The van der Waals surface area contributed by atoms with Crippen molar-refractivity contribution in [2.24, 2.45) is 0 Å². The molecule has 0 aliphatic rings. The fourth-order valence-corrected chi connectivity index (χ4v) is 1.70. The normalized spacial score (nSPS) is 12.5. The number of rotatable bonds is 5. The maximum atomic E-state index is 12.4. The average molecular weight is 274 g/mol. The number of alkyl halides is 1. The fraction of sp³-hybridized carbons (Fsp3) is 0.417. The molecule has 0 bridgehead atoms. The summed E-state index contributed by atoms with van der Waals surface area (Å²) in [6.45, 7) is 6.02. The van der Waals surface area contributed by atoms with E-state index in [-0.39, 0.29) is 5.92 Å². The van der Waals surface area contributed by atoms with Gasteiger partial charge in [-0.25, -0.2) is 0 Å². The minimum absolute atomic E-state index is 0.304. The van der Waals surface area contributed by atoms with Crippen molar-refractivity contribution in [2.75, 3.05) is 13.3 Å². The fourth-order valence-electron chi connectivity index (χ4n) is 1.19.